The molecule has 0 spiro atoms. The highest BCUT2D eigenvalue weighted by Gasteiger charge is 2.10. The lowest BCUT2D eigenvalue weighted by atomic mass is 10.1. The Morgan fingerprint density at radius 3 is 2.24 bits per heavy atom. The van der Waals surface area contributed by atoms with E-state index in [1.54, 1.807) is 6.07 Å². The monoisotopic (exact) mass is 323 g/mol. The largest absolute Gasteiger partial charge is 0.491 e. The summed E-state index contributed by atoms with van der Waals surface area (Å²) in [6.07, 6.45) is 0.177. The topological polar surface area (TPSA) is 21.3 Å². The summed E-state index contributed by atoms with van der Waals surface area (Å²) >= 11 is 12.2. The molecular formula is C17H19Cl2NO. The molecule has 1 unspecified atom stereocenters. The normalized spacial score (nSPS) is 12.3. The van der Waals surface area contributed by atoms with Crippen LogP contribution >= 0.6 is 23.2 Å². The van der Waals surface area contributed by atoms with Crippen molar-refractivity contribution in [1.82, 2.24) is 0 Å². The van der Waals surface area contributed by atoms with Gasteiger partial charge < -0.3 is 10.1 Å². The van der Waals surface area contributed by atoms with Gasteiger partial charge in [-0.3, -0.25) is 0 Å². The van der Waals surface area contributed by atoms with Crippen LogP contribution in [-0.4, -0.2) is 6.10 Å². The van der Waals surface area contributed by atoms with E-state index in [-0.39, 0.29) is 12.1 Å². The van der Waals surface area contributed by atoms with Gasteiger partial charge in [-0.25, -0.2) is 0 Å². The molecule has 0 bridgehead atoms. The summed E-state index contributed by atoms with van der Waals surface area (Å²) in [6.45, 7) is 6.11. The molecule has 2 aromatic rings. The lowest BCUT2D eigenvalue weighted by Crippen LogP contribution is -2.08. The van der Waals surface area contributed by atoms with Gasteiger partial charge in [0.2, 0.25) is 0 Å². The molecular weight excluding hydrogens is 305 g/mol. The Balaban J connectivity index is 2.09. The van der Waals surface area contributed by atoms with Crippen molar-refractivity contribution in [3.63, 3.8) is 0 Å². The third-order valence-electron chi connectivity index (χ3n) is 3.08. The zero-order valence-corrected chi connectivity index (χ0v) is 13.9. The summed E-state index contributed by atoms with van der Waals surface area (Å²) in [5.41, 5.74) is 1.99. The molecule has 0 aliphatic rings. The number of ether oxygens (including phenoxy) is 1. The van der Waals surface area contributed by atoms with Crippen molar-refractivity contribution in [1.29, 1.82) is 0 Å². The summed E-state index contributed by atoms with van der Waals surface area (Å²) in [5, 5.41) is 4.47. The summed E-state index contributed by atoms with van der Waals surface area (Å²) in [7, 11) is 0. The molecule has 2 nitrogen and oxygen atoms in total. The molecule has 21 heavy (non-hydrogen) atoms. The van der Waals surface area contributed by atoms with E-state index >= 15 is 0 Å². The quantitative estimate of drug-likeness (QED) is 0.733. The van der Waals surface area contributed by atoms with Gasteiger partial charge in [-0.2, -0.15) is 0 Å². The van der Waals surface area contributed by atoms with Crippen LogP contribution in [0.25, 0.3) is 0 Å². The first-order chi connectivity index (χ1) is 9.97. The van der Waals surface area contributed by atoms with Crippen LogP contribution in [0.2, 0.25) is 10.0 Å². The highest BCUT2D eigenvalue weighted by Crippen LogP contribution is 2.32. The van der Waals surface area contributed by atoms with E-state index < -0.39 is 0 Å². The van der Waals surface area contributed by atoms with Gasteiger partial charge >= 0.3 is 0 Å². The van der Waals surface area contributed by atoms with Crippen LogP contribution in [-0.2, 0) is 0 Å². The van der Waals surface area contributed by atoms with Crippen LogP contribution in [0.15, 0.2) is 42.5 Å². The maximum absolute atomic E-state index is 6.19. The van der Waals surface area contributed by atoms with Crippen LogP contribution < -0.4 is 10.1 Å². The van der Waals surface area contributed by atoms with Crippen molar-refractivity contribution in [2.75, 3.05) is 5.32 Å². The van der Waals surface area contributed by atoms with E-state index in [4.69, 9.17) is 27.9 Å². The van der Waals surface area contributed by atoms with Crippen molar-refractivity contribution >= 4 is 28.9 Å². The molecule has 0 saturated carbocycles. The highest BCUT2D eigenvalue weighted by atomic mass is 35.5. The SMILES string of the molecule is CC(C)Oc1ccc(C(C)Nc2cccc(Cl)c2Cl)cc1. The van der Waals surface area contributed by atoms with Gasteiger partial charge in [0.05, 0.1) is 21.8 Å². The number of hydrogen-bond donors (Lipinski definition) is 1. The predicted molar refractivity (Wildman–Crippen MR) is 90.7 cm³/mol. The highest BCUT2D eigenvalue weighted by molar-refractivity contribution is 6.43. The van der Waals surface area contributed by atoms with E-state index in [2.05, 4.69) is 12.2 Å². The molecule has 0 amide bonds. The van der Waals surface area contributed by atoms with E-state index in [0.29, 0.717) is 10.0 Å². The molecule has 0 fully saturated rings. The Labute approximate surface area is 136 Å². The van der Waals surface area contributed by atoms with Gasteiger partial charge in [0.1, 0.15) is 5.75 Å². The molecule has 0 aliphatic carbocycles. The number of benzene rings is 2. The molecule has 0 aliphatic heterocycles. The first-order valence-electron chi connectivity index (χ1n) is 6.94. The fourth-order valence-corrected chi connectivity index (χ4v) is 2.39. The summed E-state index contributed by atoms with van der Waals surface area (Å²) in [5.74, 6) is 0.877. The van der Waals surface area contributed by atoms with Crippen molar-refractivity contribution in [2.45, 2.75) is 32.9 Å². The second-order valence-corrected chi connectivity index (χ2v) is 5.99. The van der Waals surface area contributed by atoms with Gasteiger partial charge in [-0.1, -0.05) is 41.4 Å². The lowest BCUT2D eigenvalue weighted by Gasteiger charge is -2.18. The average molecular weight is 324 g/mol. The van der Waals surface area contributed by atoms with Gasteiger partial charge in [0, 0.05) is 6.04 Å². The minimum atomic E-state index is 0.120. The van der Waals surface area contributed by atoms with Gasteiger partial charge in [0.25, 0.3) is 0 Å². The Kier molecular flexibility index (Phi) is 5.38. The maximum Gasteiger partial charge on any atom is 0.119 e. The third-order valence-corrected chi connectivity index (χ3v) is 3.89. The summed E-state index contributed by atoms with van der Waals surface area (Å²) in [4.78, 5) is 0. The minimum absolute atomic E-state index is 0.120. The first-order valence-corrected chi connectivity index (χ1v) is 7.70. The first kappa shape index (κ1) is 16.0. The fraction of sp³-hybridized carbons (Fsp3) is 0.294. The Morgan fingerprint density at radius 2 is 1.62 bits per heavy atom. The van der Waals surface area contributed by atoms with Crippen LogP contribution in [0.5, 0.6) is 5.75 Å². The second-order valence-electron chi connectivity index (χ2n) is 5.20. The predicted octanol–water partition coefficient (Wildman–Crippen LogP) is 5.95. The zero-order valence-electron chi connectivity index (χ0n) is 12.4. The minimum Gasteiger partial charge on any atom is -0.491 e. The molecule has 2 rings (SSSR count). The molecule has 0 saturated heterocycles. The molecule has 1 N–H and O–H groups in total. The van der Waals surface area contributed by atoms with Gasteiger partial charge in [-0.05, 0) is 50.6 Å². The average Bonchev–Trinajstić information content (AvgIpc) is 2.44. The van der Waals surface area contributed by atoms with Crippen molar-refractivity contribution < 1.29 is 4.74 Å². The smallest absolute Gasteiger partial charge is 0.119 e. The number of anilines is 1. The van der Waals surface area contributed by atoms with Gasteiger partial charge in [-0.15, -0.1) is 0 Å². The van der Waals surface area contributed by atoms with E-state index in [1.165, 1.54) is 0 Å². The van der Waals surface area contributed by atoms with E-state index in [0.717, 1.165) is 17.0 Å². The lowest BCUT2D eigenvalue weighted by molar-refractivity contribution is 0.242. The van der Waals surface area contributed by atoms with Crippen LogP contribution in [0.3, 0.4) is 0 Å². The Morgan fingerprint density at radius 1 is 0.952 bits per heavy atom. The van der Waals surface area contributed by atoms with E-state index in [1.807, 2.05) is 50.2 Å². The standard InChI is InChI=1S/C17H19Cl2NO/c1-11(2)21-14-9-7-13(8-10-14)12(3)20-16-6-4-5-15(18)17(16)19/h4-12,20H,1-3H3. The Bertz CT molecular complexity index is 596. The molecule has 1 atom stereocenters. The summed E-state index contributed by atoms with van der Waals surface area (Å²) < 4.78 is 5.64. The van der Waals surface area contributed by atoms with Crippen molar-refractivity contribution in [2.24, 2.45) is 0 Å². The summed E-state index contributed by atoms with van der Waals surface area (Å²) in [6, 6.07) is 13.7. The van der Waals surface area contributed by atoms with Gasteiger partial charge in [0.15, 0.2) is 0 Å². The Hall–Kier alpha value is -1.38. The number of nitrogens with one attached hydrogen (secondary N) is 1. The zero-order chi connectivity index (χ0) is 15.4. The molecule has 0 radical (unpaired) electrons. The fourth-order valence-electron chi connectivity index (χ4n) is 2.04. The molecule has 0 aromatic heterocycles. The number of rotatable bonds is 5. The molecule has 2 aromatic carbocycles. The van der Waals surface area contributed by atoms with Crippen molar-refractivity contribution in [3.05, 3.63) is 58.1 Å². The molecule has 112 valence electrons. The second kappa shape index (κ2) is 7.06. The van der Waals surface area contributed by atoms with Crippen LogP contribution in [0, 0.1) is 0 Å². The maximum atomic E-state index is 6.19. The molecule has 0 heterocycles. The van der Waals surface area contributed by atoms with E-state index in [9.17, 15) is 0 Å². The third kappa shape index (κ3) is 4.29. The number of hydrogen-bond acceptors (Lipinski definition) is 2. The van der Waals surface area contributed by atoms with Crippen molar-refractivity contribution in [3.8, 4) is 5.75 Å². The van der Waals surface area contributed by atoms with Crippen LogP contribution in [0.4, 0.5) is 5.69 Å². The van der Waals surface area contributed by atoms with Crippen LogP contribution in [0.1, 0.15) is 32.4 Å². The molecule has 4 heteroatoms. The number of halogens is 2.